The first-order valence-electron chi connectivity index (χ1n) is 5.56. The van der Waals surface area contributed by atoms with E-state index in [9.17, 15) is 0 Å². The fraction of sp³-hybridized carbons (Fsp3) is 0.500. The van der Waals surface area contributed by atoms with Gasteiger partial charge in [0.05, 0.1) is 5.02 Å². The molecular formula is C12H15ClINO. The molecule has 16 heavy (non-hydrogen) atoms. The lowest BCUT2D eigenvalue weighted by atomic mass is 10.3. The zero-order valence-electron chi connectivity index (χ0n) is 9.09. The number of likely N-dealkylation sites (tertiary alicyclic amines) is 1. The van der Waals surface area contributed by atoms with Gasteiger partial charge in [-0.15, -0.1) is 0 Å². The lowest BCUT2D eigenvalue weighted by Gasteiger charge is -2.15. The summed E-state index contributed by atoms with van der Waals surface area (Å²) >= 11 is 8.31. The van der Waals surface area contributed by atoms with Crippen molar-refractivity contribution in [2.75, 3.05) is 26.2 Å². The minimum atomic E-state index is 0.696. The van der Waals surface area contributed by atoms with Crippen molar-refractivity contribution in [3.63, 3.8) is 0 Å². The van der Waals surface area contributed by atoms with Crippen LogP contribution in [0.4, 0.5) is 0 Å². The Labute approximate surface area is 115 Å². The standard InChI is InChI=1S/C12H15ClINO/c13-11-4-3-10(14)9-12(11)16-8-7-15-5-1-2-6-15/h3-4,9H,1-2,5-8H2. The van der Waals surface area contributed by atoms with E-state index < -0.39 is 0 Å². The highest BCUT2D eigenvalue weighted by Gasteiger charge is 2.11. The van der Waals surface area contributed by atoms with Crippen LogP contribution in [0.5, 0.6) is 5.75 Å². The van der Waals surface area contributed by atoms with Crippen LogP contribution < -0.4 is 4.74 Å². The van der Waals surface area contributed by atoms with Crippen LogP contribution >= 0.6 is 34.2 Å². The Balaban J connectivity index is 1.82. The third-order valence-electron chi connectivity index (χ3n) is 2.76. The Hall–Kier alpha value is -0.0000000000000000763. The normalized spacial score (nSPS) is 16.6. The topological polar surface area (TPSA) is 12.5 Å². The van der Waals surface area contributed by atoms with E-state index >= 15 is 0 Å². The largest absolute Gasteiger partial charge is 0.491 e. The van der Waals surface area contributed by atoms with Crippen molar-refractivity contribution in [3.05, 3.63) is 26.8 Å². The van der Waals surface area contributed by atoms with Gasteiger partial charge in [-0.3, -0.25) is 4.90 Å². The fourth-order valence-corrected chi connectivity index (χ4v) is 2.51. The van der Waals surface area contributed by atoms with E-state index in [0.717, 1.165) is 22.5 Å². The van der Waals surface area contributed by atoms with Crippen LogP contribution in [0.2, 0.25) is 5.02 Å². The molecule has 1 aliphatic heterocycles. The molecule has 0 amide bonds. The van der Waals surface area contributed by atoms with E-state index in [0.29, 0.717) is 5.02 Å². The summed E-state index contributed by atoms with van der Waals surface area (Å²) < 4.78 is 6.85. The van der Waals surface area contributed by atoms with Crippen molar-refractivity contribution in [2.24, 2.45) is 0 Å². The highest BCUT2D eigenvalue weighted by Crippen LogP contribution is 2.26. The average molecular weight is 352 g/mol. The first-order valence-corrected chi connectivity index (χ1v) is 7.01. The van der Waals surface area contributed by atoms with E-state index in [2.05, 4.69) is 27.5 Å². The highest BCUT2D eigenvalue weighted by molar-refractivity contribution is 14.1. The zero-order chi connectivity index (χ0) is 11.4. The number of nitrogens with zero attached hydrogens (tertiary/aromatic N) is 1. The summed E-state index contributed by atoms with van der Waals surface area (Å²) in [6, 6.07) is 5.84. The number of hydrogen-bond acceptors (Lipinski definition) is 2. The van der Waals surface area contributed by atoms with Crippen molar-refractivity contribution in [3.8, 4) is 5.75 Å². The molecule has 1 heterocycles. The van der Waals surface area contributed by atoms with Crippen LogP contribution in [0.15, 0.2) is 18.2 Å². The lowest BCUT2D eigenvalue weighted by molar-refractivity contribution is 0.238. The predicted octanol–water partition coefficient (Wildman–Crippen LogP) is 3.42. The number of halogens is 2. The van der Waals surface area contributed by atoms with Crippen LogP contribution in [-0.2, 0) is 0 Å². The van der Waals surface area contributed by atoms with Crippen LogP contribution in [0.25, 0.3) is 0 Å². The Morgan fingerprint density at radius 2 is 2.06 bits per heavy atom. The molecule has 1 aromatic rings. The molecule has 0 unspecified atom stereocenters. The maximum atomic E-state index is 6.05. The maximum absolute atomic E-state index is 6.05. The van der Waals surface area contributed by atoms with Gasteiger partial charge in [-0.25, -0.2) is 0 Å². The Morgan fingerprint density at radius 3 is 2.81 bits per heavy atom. The maximum Gasteiger partial charge on any atom is 0.139 e. The molecule has 0 radical (unpaired) electrons. The van der Waals surface area contributed by atoms with E-state index in [1.807, 2.05) is 18.2 Å². The van der Waals surface area contributed by atoms with Gasteiger partial charge in [0.25, 0.3) is 0 Å². The van der Waals surface area contributed by atoms with Crippen molar-refractivity contribution in [2.45, 2.75) is 12.8 Å². The second-order valence-corrected chi connectivity index (χ2v) is 5.62. The predicted molar refractivity (Wildman–Crippen MR) is 75.3 cm³/mol. The first kappa shape index (κ1) is 12.5. The van der Waals surface area contributed by atoms with Gasteiger partial charge in [0.15, 0.2) is 0 Å². The van der Waals surface area contributed by atoms with Crippen molar-refractivity contribution in [1.29, 1.82) is 0 Å². The SMILES string of the molecule is Clc1ccc(I)cc1OCCN1CCCC1. The summed E-state index contributed by atoms with van der Waals surface area (Å²) in [5, 5.41) is 0.696. The second-order valence-electron chi connectivity index (χ2n) is 3.97. The summed E-state index contributed by atoms with van der Waals surface area (Å²) in [5.41, 5.74) is 0. The van der Waals surface area contributed by atoms with Crippen molar-refractivity contribution in [1.82, 2.24) is 4.90 Å². The number of ether oxygens (including phenoxy) is 1. The molecule has 0 N–H and O–H groups in total. The van der Waals surface area contributed by atoms with Gasteiger partial charge in [0.2, 0.25) is 0 Å². The molecule has 0 atom stereocenters. The molecule has 0 bridgehead atoms. The fourth-order valence-electron chi connectivity index (χ4n) is 1.88. The number of hydrogen-bond donors (Lipinski definition) is 0. The molecule has 1 aliphatic rings. The smallest absolute Gasteiger partial charge is 0.139 e. The summed E-state index contributed by atoms with van der Waals surface area (Å²) in [4.78, 5) is 2.43. The van der Waals surface area contributed by atoms with E-state index in [4.69, 9.17) is 16.3 Å². The summed E-state index contributed by atoms with van der Waals surface area (Å²) in [6.45, 7) is 4.15. The quantitative estimate of drug-likeness (QED) is 0.771. The van der Waals surface area contributed by atoms with E-state index in [-0.39, 0.29) is 0 Å². The summed E-state index contributed by atoms with van der Waals surface area (Å²) in [5.74, 6) is 0.799. The third-order valence-corrected chi connectivity index (χ3v) is 3.74. The molecule has 0 aromatic heterocycles. The number of rotatable bonds is 4. The molecule has 2 rings (SSSR count). The monoisotopic (exact) mass is 351 g/mol. The van der Waals surface area contributed by atoms with Gasteiger partial charge >= 0.3 is 0 Å². The molecule has 2 nitrogen and oxygen atoms in total. The molecule has 0 spiro atoms. The summed E-state index contributed by atoms with van der Waals surface area (Å²) in [6.07, 6.45) is 2.65. The Morgan fingerprint density at radius 1 is 1.31 bits per heavy atom. The van der Waals surface area contributed by atoms with Crippen LogP contribution in [-0.4, -0.2) is 31.1 Å². The highest BCUT2D eigenvalue weighted by atomic mass is 127. The molecule has 0 aliphatic carbocycles. The zero-order valence-corrected chi connectivity index (χ0v) is 12.0. The average Bonchev–Trinajstić information content (AvgIpc) is 2.76. The van der Waals surface area contributed by atoms with Crippen LogP contribution in [0.3, 0.4) is 0 Å². The van der Waals surface area contributed by atoms with Crippen LogP contribution in [0, 0.1) is 3.57 Å². The lowest BCUT2D eigenvalue weighted by Crippen LogP contribution is -2.25. The molecule has 88 valence electrons. The van der Waals surface area contributed by atoms with Gasteiger partial charge in [-0.05, 0) is 66.7 Å². The van der Waals surface area contributed by atoms with E-state index in [1.165, 1.54) is 25.9 Å². The molecule has 1 aromatic carbocycles. The van der Waals surface area contributed by atoms with Gasteiger partial charge in [0.1, 0.15) is 12.4 Å². The molecule has 1 fully saturated rings. The van der Waals surface area contributed by atoms with Gasteiger partial charge in [-0.1, -0.05) is 11.6 Å². The molecule has 4 heteroatoms. The van der Waals surface area contributed by atoms with Gasteiger partial charge in [0, 0.05) is 10.1 Å². The minimum Gasteiger partial charge on any atom is -0.491 e. The molecular weight excluding hydrogens is 336 g/mol. The Bertz CT molecular complexity index is 353. The molecule has 0 saturated carbocycles. The van der Waals surface area contributed by atoms with Crippen LogP contribution in [0.1, 0.15) is 12.8 Å². The van der Waals surface area contributed by atoms with Gasteiger partial charge < -0.3 is 4.74 Å². The third kappa shape index (κ3) is 3.50. The second kappa shape index (κ2) is 6.07. The Kier molecular flexibility index (Phi) is 4.73. The molecule has 1 saturated heterocycles. The van der Waals surface area contributed by atoms with Crippen molar-refractivity contribution < 1.29 is 4.74 Å². The van der Waals surface area contributed by atoms with Crippen molar-refractivity contribution >= 4 is 34.2 Å². The summed E-state index contributed by atoms with van der Waals surface area (Å²) in [7, 11) is 0. The van der Waals surface area contributed by atoms with Gasteiger partial charge in [-0.2, -0.15) is 0 Å². The first-order chi connectivity index (χ1) is 7.75. The minimum absolute atomic E-state index is 0.696. The number of benzene rings is 1. The van der Waals surface area contributed by atoms with E-state index in [1.54, 1.807) is 0 Å².